The zero-order valence-corrected chi connectivity index (χ0v) is 17.9. The lowest BCUT2D eigenvalue weighted by Crippen LogP contribution is -2.14. The second-order valence-corrected chi connectivity index (χ2v) is 9.68. The van der Waals surface area contributed by atoms with E-state index in [1.54, 1.807) is 0 Å². The molecule has 0 saturated heterocycles. The van der Waals surface area contributed by atoms with Gasteiger partial charge in [-0.2, -0.15) is 0 Å². The molecule has 2 aromatic rings. The molecule has 2 aliphatic carbocycles. The van der Waals surface area contributed by atoms with Gasteiger partial charge in [0.05, 0.1) is 0 Å². The smallest absolute Gasteiger partial charge is 0.134 e. The van der Waals surface area contributed by atoms with Gasteiger partial charge in [0.25, 0.3) is 0 Å². The second-order valence-electron chi connectivity index (χ2n) is 9.68. The highest BCUT2D eigenvalue weighted by Gasteiger charge is 2.37. The number of Topliss-reactive ketones (excluding diaryl/α,β-unsaturated/α-hetero) is 1. The van der Waals surface area contributed by atoms with Crippen LogP contribution in [0.1, 0.15) is 83.7 Å². The second kappa shape index (κ2) is 7.85. The molecule has 0 amide bonds. The van der Waals surface area contributed by atoms with Crippen molar-refractivity contribution in [3.8, 4) is 0 Å². The highest BCUT2D eigenvalue weighted by atomic mass is 16.1. The molecule has 28 heavy (non-hydrogen) atoms. The molecule has 148 valence electrons. The summed E-state index contributed by atoms with van der Waals surface area (Å²) in [5.74, 6) is 2.74. The van der Waals surface area contributed by atoms with Crippen LogP contribution in [-0.2, 0) is 4.79 Å². The summed E-state index contributed by atoms with van der Waals surface area (Å²) in [6.07, 6.45) is 6.59. The lowest BCUT2D eigenvalue weighted by atomic mass is 9.82. The third-order valence-corrected chi connectivity index (χ3v) is 6.62. The SMILES string of the molecule is Cc1cc(C)cc([C@@H](CC(=O)C[C@H](c2cc(C)cc(C)c2)C2CC2)C2CC2)c1. The Balaban J connectivity index is 1.51. The van der Waals surface area contributed by atoms with Gasteiger partial charge in [-0.3, -0.25) is 4.79 Å². The van der Waals surface area contributed by atoms with E-state index in [0.29, 0.717) is 29.5 Å². The number of ketones is 1. The molecule has 1 heteroatoms. The maximum Gasteiger partial charge on any atom is 0.134 e. The first-order chi connectivity index (χ1) is 13.4. The molecular weight excluding hydrogens is 340 g/mol. The Kier molecular flexibility index (Phi) is 5.45. The Morgan fingerprint density at radius 2 is 1.00 bits per heavy atom. The van der Waals surface area contributed by atoms with Crippen LogP contribution in [0.3, 0.4) is 0 Å². The summed E-state index contributed by atoms with van der Waals surface area (Å²) in [7, 11) is 0. The molecule has 2 fully saturated rings. The summed E-state index contributed by atoms with van der Waals surface area (Å²) < 4.78 is 0. The first kappa shape index (κ1) is 19.4. The van der Waals surface area contributed by atoms with Gasteiger partial charge in [0, 0.05) is 12.8 Å². The summed E-state index contributed by atoms with van der Waals surface area (Å²) in [6.45, 7) is 8.69. The molecule has 2 saturated carbocycles. The molecule has 2 atom stereocenters. The van der Waals surface area contributed by atoms with E-state index in [2.05, 4.69) is 64.1 Å². The summed E-state index contributed by atoms with van der Waals surface area (Å²) in [6, 6.07) is 13.7. The fraction of sp³-hybridized carbons (Fsp3) is 0.519. The van der Waals surface area contributed by atoms with E-state index >= 15 is 0 Å². The number of hydrogen-bond donors (Lipinski definition) is 0. The number of benzene rings is 2. The number of carbonyl (C=O) groups is 1. The van der Waals surface area contributed by atoms with Crippen molar-refractivity contribution in [2.75, 3.05) is 0 Å². The Bertz CT molecular complexity index is 758. The number of hydrogen-bond acceptors (Lipinski definition) is 1. The molecule has 2 aromatic carbocycles. The molecule has 2 aliphatic rings. The van der Waals surface area contributed by atoms with Crippen LogP contribution in [0.5, 0.6) is 0 Å². The molecule has 4 rings (SSSR count). The van der Waals surface area contributed by atoms with Gasteiger partial charge in [0.2, 0.25) is 0 Å². The van der Waals surface area contributed by atoms with Gasteiger partial charge in [-0.25, -0.2) is 0 Å². The highest BCUT2D eigenvalue weighted by molar-refractivity contribution is 5.80. The van der Waals surface area contributed by atoms with Gasteiger partial charge < -0.3 is 0 Å². The van der Waals surface area contributed by atoms with E-state index in [1.165, 1.54) is 59.1 Å². The molecule has 1 nitrogen and oxygen atoms in total. The van der Waals surface area contributed by atoms with Crippen molar-refractivity contribution >= 4 is 5.78 Å². The maximum atomic E-state index is 13.2. The van der Waals surface area contributed by atoms with Gasteiger partial charge >= 0.3 is 0 Å². The molecule has 0 bridgehead atoms. The Morgan fingerprint density at radius 3 is 1.29 bits per heavy atom. The van der Waals surface area contributed by atoms with Crippen LogP contribution in [0.2, 0.25) is 0 Å². The Labute approximate surface area is 170 Å². The Hall–Kier alpha value is -1.89. The molecule has 0 spiro atoms. The van der Waals surface area contributed by atoms with Crippen LogP contribution < -0.4 is 0 Å². The van der Waals surface area contributed by atoms with Gasteiger partial charge in [-0.05, 0) is 88.2 Å². The van der Waals surface area contributed by atoms with Crippen LogP contribution in [0, 0.1) is 39.5 Å². The van der Waals surface area contributed by atoms with E-state index in [9.17, 15) is 4.79 Å². The van der Waals surface area contributed by atoms with Crippen molar-refractivity contribution in [1.82, 2.24) is 0 Å². The van der Waals surface area contributed by atoms with Gasteiger partial charge in [-0.15, -0.1) is 0 Å². The summed E-state index contributed by atoms with van der Waals surface area (Å²) in [4.78, 5) is 13.2. The third-order valence-electron chi connectivity index (χ3n) is 6.62. The topological polar surface area (TPSA) is 17.1 Å². The lowest BCUT2D eigenvalue weighted by Gasteiger charge is -2.21. The molecule has 0 heterocycles. The molecule has 0 aromatic heterocycles. The van der Waals surface area contributed by atoms with Crippen LogP contribution in [-0.4, -0.2) is 5.78 Å². The zero-order chi connectivity index (χ0) is 19.8. The van der Waals surface area contributed by atoms with E-state index in [4.69, 9.17) is 0 Å². The van der Waals surface area contributed by atoms with E-state index in [0.717, 1.165) is 12.8 Å². The minimum atomic E-state index is 0.421. The molecule has 0 aliphatic heterocycles. The summed E-state index contributed by atoms with van der Waals surface area (Å²) in [5.41, 5.74) is 8.06. The maximum absolute atomic E-state index is 13.2. The number of rotatable bonds is 8. The Morgan fingerprint density at radius 1 is 0.679 bits per heavy atom. The lowest BCUT2D eigenvalue weighted by molar-refractivity contribution is -0.120. The van der Waals surface area contributed by atoms with Gasteiger partial charge in [-0.1, -0.05) is 58.7 Å². The van der Waals surface area contributed by atoms with Crippen LogP contribution >= 0.6 is 0 Å². The number of aryl methyl sites for hydroxylation is 4. The third kappa shape index (κ3) is 4.74. The van der Waals surface area contributed by atoms with Crippen molar-refractivity contribution in [3.63, 3.8) is 0 Å². The van der Waals surface area contributed by atoms with Crippen LogP contribution in [0.15, 0.2) is 36.4 Å². The molecular formula is C27H34O. The predicted octanol–water partition coefficient (Wildman–Crippen LogP) is 6.96. The molecule has 0 unspecified atom stereocenters. The average molecular weight is 375 g/mol. The summed E-state index contributed by atoms with van der Waals surface area (Å²) in [5, 5.41) is 0. The largest absolute Gasteiger partial charge is 0.300 e. The van der Waals surface area contributed by atoms with Crippen molar-refractivity contribution in [1.29, 1.82) is 0 Å². The monoisotopic (exact) mass is 374 g/mol. The first-order valence-corrected chi connectivity index (χ1v) is 11.1. The fourth-order valence-corrected chi connectivity index (χ4v) is 5.13. The number of carbonyl (C=O) groups excluding carboxylic acids is 1. The average Bonchev–Trinajstić information content (AvgIpc) is 3.49. The van der Waals surface area contributed by atoms with Crippen molar-refractivity contribution in [3.05, 3.63) is 69.8 Å². The van der Waals surface area contributed by atoms with Crippen molar-refractivity contribution in [2.45, 2.75) is 78.1 Å². The molecule has 0 radical (unpaired) electrons. The van der Waals surface area contributed by atoms with E-state index in [-0.39, 0.29) is 0 Å². The normalized spacial score (nSPS) is 18.7. The zero-order valence-electron chi connectivity index (χ0n) is 17.9. The van der Waals surface area contributed by atoms with Crippen molar-refractivity contribution < 1.29 is 4.79 Å². The molecule has 0 N–H and O–H groups in total. The fourth-order valence-electron chi connectivity index (χ4n) is 5.13. The standard InChI is InChI=1S/C27H34O/c1-17-9-18(2)12-23(11-17)26(21-5-6-21)15-25(28)16-27(22-7-8-22)24-13-19(3)10-20(4)14-24/h9-14,21-22,26-27H,5-8,15-16H2,1-4H3/t26-,27-/m0/s1. The van der Waals surface area contributed by atoms with Crippen LogP contribution in [0.4, 0.5) is 0 Å². The van der Waals surface area contributed by atoms with E-state index in [1.807, 2.05) is 0 Å². The minimum Gasteiger partial charge on any atom is -0.300 e. The van der Waals surface area contributed by atoms with Crippen LogP contribution in [0.25, 0.3) is 0 Å². The summed E-state index contributed by atoms with van der Waals surface area (Å²) >= 11 is 0. The van der Waals surface area contributed by atoms with Gasteiger partial charge in [0.1, 0.15) is 5.78 Å². The quantitative estimate of drug-likeness (QED) is 0.488. The van der Waals surface area contributed by atoms with Crippen molar-refractivity contribution in [2.24, 2.45) is 11.8 Å². The highest BCUT2D eigenvalue weighted by Crippen LogP contribution is 2.48. The first-order valence-electron chi connectivity index (χ1n) is 11.1. The minimum absolute atomic E-state index is 0.421. The van der Waals surface area contributed by atoms with E-state index < -0.39 is 0 Å². The predicted molar refractivity (Wildman–Crippen MR) is 117 cm³/mol. The van der Waals surface area contributed by atoms with Gasteiger partial charge in [0.15, 0.2) is 0 Å².